The molecule has 0 bridgehead atoms. The lowest BCUT2D eigenvalue weighted by atomic mass is 9.92. The summed E-state index contributed by atoms with van der Waals surface area (Å²) < 4.78 is 16.7. The van der Waals surface area contributed by atoms with E-state index in [1.54, 1.807) is 0 Å². The molecule has 0 aromatic heterocycles. The lowest BCUT2D eigenvalue weighted by molar-refractivity contribution is -0.194. The molecule has 0 aliphatic carbocycles. The summed E-state index contributed by atoms with van der Waals surface area (Å²) in [6.07, 6.45) is 1.18. The molecule has 142 valence electrons. The number of rotatable bonds is 9. The minimum Gasteiger partial charge on any atom is -0.482 e. The first-order chi connectivity index (χ1) is 11.6. The highest BCUT2D eigenvalue weighted by Gasteiger charge is 2.24. The van der Waals surface area contributed by atoms with Crippen molar-refractivity contribution in [3.63, 3.8) is 0 Å². The van der Waals surface area contributed by atoms with Gasteiger partial charge < -0.3 is 14.2 Å². The van der Waals surface area contributed by atoms with Crippen molar-refractivity contribution in [2.45, 2.75) is 79.6 Å². The molecule has 4 heteroatoms. The molecule has 25 heavy (non-hydrogen) atoms. The largest absolute Gasteiger partial charge is 0.482 e. The molecule has 0 N–H and O–H groups in total. The van der Waals surface area contributed by atoms with E-state index in [2.05, 4.69) is 34.6 Å². The van der Waals surface area contributed by atoms with Crippen LogP contribution >= 0.6 is 0 Å². The summed E-state index contributed by atoms with van der Waals surface area (Å²) in [5.41, 5.74) is 1.28. The highest BCUT2D eigenvalue weighted by atomic mass is 16.7. The van der Waals surface area contributed by atoms with E-state index >= 15 is 0 Å². The smallest absolute Gasteiger partial charge is 0.346 e. The maximum Gasteiger partial charge on any atom is 0.346 e. The second-order valence-electron chi connectivity index (χ2n) is 8.04. The Morgan fingerprint density at radius 2 is 1.68 bits per heavy atom. The Morgan fingerprint density at radius 1 is 1.08 bits per heavy atom. The van der Waals surface area contributed by atoms with Gasteiger partial charge in [-0.15, -0.1) is 0 Å². The molecular weight excluding hydrogens is 316 g/mol. The zero-order chi connectivity index (χ0) is 19.0. The van der Waals surface area contributed by atoms with Gasteiger partial charge in [0.1, 0.15) is 5.75 Å². The van der Waals surface area contributed by atoms with Crippen molar-refractivity contribution in [2.75, 3.05) is 6.61 Å². The highest BCUT2D eigenvalue weighted by Crippen LogP contribution is 2.24. The molecule has 0 radical (unpaired) electrons. The van der Waals surface area contributed by atoms with Crippen LogP contribution in [0.5, 0.6) is 5.75 Å². The first-order valence-corrected chi connectivity index (χ1v) is 9.18. The highest BCUT2D eigenvalue weighted by molar-refractivity contribution is 5.71. The molecular formula is C21H34O4. The normalized spacial score (nSPS) is 14.2. The lowest BCUT2D eigenvalue weighted by Crippen LogP contribution is -2.30. The molecule has 0 aliphatic heterocycles. The standard InChI is InChI=1S/C21H34O4/c1-8-16(4)17-9-11-18(12-10-17)23-14-19(22)25-20(24-15(2)3)13-21(5,6)7/h9-12,15-16,20H,8,13-14H2,1-7H3. The molecule has 0 amide bonds. The van der Waals surface area contributed by atoms with Crippen LogP contribution in [-0.4, -0.2) is 25.0 Å². The minimum atomic E-state index is -0.552. The number of carbonyl (C=O) groups excluding carboxylic acids is 1. The van der Waals surface area contributed by atoms with Crippen molar-refractivity contribution in [3.8, 4) is 5.75 Å². The molecule has 2 atom stereocenters. The van der Waals surface area contributed by atoms with Gasteiger partial charge in [-0.25, -0.2) is 4.79 Å². The van der Waals surface area contributed by atoms with E-state index in [-0.39, 0.29) is 18.1 Å². The van der Waals surface area contributed by atoms with Gasteiger partial charge >= 0.3 is 5.97 Å². The maximum absolute atomic E-state index is 12.1. The summed E-state index contributed by atoms with van der Waals surface area (Å²) in [4.78, 5) is 12.1. The van der Waals surface area contributed by atoms with Crippen molar-refractivity contribution in [2.24, 2.45) is 5.41 Å². The third-order valence-electron chi connectivity index (χ3n) is 3.88. The van der Waals surface area contributed by atoms with Crippen molar-refractivity contribution in [3.05, 3.63) is 29.8 Å². The average Bonchev–Trinajstić information content (AvgIpc) is 2.50. The SMILES string of the molecule is CCC(C)c1ccc(OCC(=O)OC(CC(C)(C)C)OC(C)C)cc1. The van der Waals surface area contributed by atoms with Gasteiger partial charge in [-0.05, 0) is 49.3 Å². The van der Waals surface area contributed by atoms with E-state index in [1.807, 2.05) is 38.1 Å². The van der Waals surface area contributed by atoms with Crippen LogP contribution in [0.2, 0.25) is 0 Å². The van der Waals surface area contributed by atoms with Crippen LogP contribution in [0, 0.1) is 5.41 Å². The molecule has 1 aromatic rings. The molecule has 4 nitrogen and oxygen atoms in total. The summed E-state index contributed by atoms with van der Waals surface area (Å²) >= 11 is 0. The first kappa shape index (κ1) is 21.5. The van der Waals surface area contributed by atoms with Gasteiger partial charge in [-0.1, -0.05) is 46.8 Å². The number of benzene rings is 1. The number of carbonyl (C=O) groups is 1. The van der Waals surface area contributed by atoms with E-state index in [0.717, 1.165) is 6.42 Å². The molecule has 0 saturated heterocycles. The van der Waals surface area contributed by atoms with Crippen molar-refractivity contribution >= 4 is 5.97 Å². The zero-order valence-corrected chi connectivity index (χ0v) is 16.8. The van der Waals surface area contributed by atoms with Crippen LogP contribution in [0.15, 0.2) is 24.3 Å². The monoisotopic (exact) mass is 350 g/mol. The summed E-state index contributed by atoms with van der Waals surface area (Å²) in [5.74, 6) is 0.771. The summed E-state index contributed by atoms with van der Waals surface area (Å²) in [6, 6.07) is 7.87. The Bertz CT molecular complexity index is 514. The van der Waals surface area contributed by atoms with E-state index in [9.17, 15) is 4.79 Å². The van der Waals surface area contributed by atoms with E-state index < -0.39 is 12.3 Å². The molecule has 1 aromatic carbocycles. The predicted octanol–water partition coefficient (Wildman–Crippen LogP) is 5.31. The third-order valence-corrected chi connectivity index (χ3v) is 3.88. The molecule has 0 aliphatic rings. The van der Waals surface area contributed by atoms with E-state index in [1.165, 1.54) is 5.56 Å². The van der Waals surface area contributed by atoms with Gasteiger partial charge in [0.2, 0.25) is 6.29 Å². The van der Waals surface area contributed by atoms with Crippen molar-refractivity contribution < 1.29 is 19.0 Å². The number of hydrogen-bond acceptors (Lipinski definition) is 4. The fourth-order valence-corrected chi connectivity index (χ4v) is 2.37. The predicted molar refractivity (Wildman–Crippen MR) is 101 cm³/mol. The number of hydrogen-bond donors (Lipinski definition) is 0. The number of ether oxygens (including phenoxy) is 3. The fourth-order valence-electron chi connectivity index (χ4n) is 2.37. The van der Waals surface area contributed by atoms with Crippen LogP contribution in [0.4, 0.5) is 0 Å². The molecule has 0 spiro atoms. The maximum atomic E-state index is 12.1. The Labute approximate surface area is 152 Å². The topological polar surface area (TPSA) is 44.8 Å². The summed E-state index contributed by atoms with van der Waals surface area (Å²) in [6.45, 7) is 14.4. The molecule has 0 fully saturated rings. The molecule has 1 rings (SSSR count). The third kappa shape index (κ3) is 8.92. The molecule has 0 heterocycles. The van der Waals surface area contributed by atoms with Gasteiger partial charge in [0.15, 0.2) is 6.61 Å². The average molecular weight is 350 g/mol. The Hall–Kier alpha value is -1.55. The molecule has 0 saturated carbocycles. The second kappa shape index (κ2) is 9.81. The minimum absolute atomic E-state index is 0.00540. The Kier molecular flexibility index (Phi) is 8.43. The van der Waals surface area contributed by atoms with E-state index in [0.29, 0.717) is 18.1 Å². The van der Waals surface area contributed by atoms with Crippen LogP contribution < -0.4 is 4.74 Å². The van der Waals surface area contributed by atoms with Gasteiger partial charge in [0.05, 0.1) is 6.10 Å². The molecule has 2 unspecified atom stereocenters. The quantitative estimate of drug-likeness (QED) is 0.447. The van der Waals surface area contributed by atoms with Crippen LogP contribution in [-0.2, 0) is 14.3 Å². The summed E-state index contributed by atoms with van der Waals surface area (Å²) in [5, 5.41) is 0. The Morgan fingerprint density at radius 3 is 2.16 bits per heavy atom. The summed E-state index contributed by atoms with van der Waals surface area (Å²) in [7, 11) is 0. The first-order valence-electron chi connectivity index (χ1n) is 9.18. The van der Waals surface area contributed by atoms with Crippen LogP contribution in [0.25, 0.3) is 0 Å². The van der Waals surface area contributed by atoms with Gasteiger partial charge in [0.25, 0.3) is 0 Å². The second-order valence-corrected chi connectivity index (χ2v) is 8.04. The Balaban J connectivity index is 2.53. The van der Waals surface area contributed by atoms with Gasteiger partial charge in [-0.2, -0.15) is 0 Å². The zero-order valence-electron chi connectivity index (χ0n) is 16.8. The van der Waals surface area contributed by atoms with Gasteiger partial charge in [-0.3, -0.25) is 0 Å². The van der Waals surface area contributed by atoms with Gasteiger partial charge in [0, 0.05) is 6.42 Å². The van der Waals surface area contributed by atoms with Crippen LogP contribution in [0.1, 0.15) is 72.8 Å². The number of esters is 1. The fraction of sp³-hybridized carbons (Fsp3) is 0.667. The van der Waals surface area contributed by atoms with Crippen LogP contribution in [0.3, 0.4) is 0 Å². The lowest BCUT2D eigenvalue weighted by Gasteiger charge is -2.27. The van der Waals surface area contributed by atoms with Crippen molar-refractivity contribution in [1.29, 1.82) is 0 Å². The van der Waals surface area contributed by atoms with E-state index in [4.69, 9.17) is 14.2 Å². The van der Waals surface area contributed by atoms with Crippen molar-refractivity contribution in [1.82, 2.24) is 0 Å².